The molecule has 0 aliphatic rings. The lowest BCUT2D eigenvalue weighted by Crippen LogP contribution is -2.28. The third-order valence-corrected chi connectivity index (χ3v) is 4.07. The van der Waals surface area contributed by atoms with Crippen molar-refractivity contribution in [2.45, 2.75) is 39.3 Å². The number of imidazole rings is 1. The van der Waals surface area contributed by atoms with E-state index in [4.69, 9.17) is 4.74 Å². The predicted molar refractivity (Wildman–Crippen MR) is 102 cm³/mol. The fraction of sp³-hybridized carbons (Fsp3) is 0.389. The summed E-state index contributed by atoms with van der Waals surface area (Å²) in [5.74, 6) is 0.778. The number of aryl methyl sites for hydroxylation is 2. The monoisotopic (exact) mass is 386 g/mol. The molecular formula is C18H22N6O4. The van der Waals surface area contributed by atoms with Gasteiger partial charge in [-0.25, -0.2) is 14.8 Å². The van der Waals surface area contributed by atoms with Gasteiger partial charge in [0.15, 0.2) is 5.65 Å². The summed E-state index contributed by atoms with van der Waals surface area (Å²) in [5.41, 5.74) is 0.188. The van der Waals surface area contributed by atoms with E-state index in [1.807, 2.05) is 19.9 Å². The summed E-state index contributed by atoms with van der Waals surface area (Å²) in [5, 5.41) is 2.82. The van der Waals surface area contributed by atoms with Gasteiger partial charge in [0, 0.05) is 38.2 Å². The van der Waals surface area contributed by atoms with Gasteiger partial charge in [-0.15, -0.1) is 0 Å². The van der Waals surface area contributed by atoms with Gasteiger partial charge in [0.05, 0.1) is 6.10 Å². The molecule has 0 bridgehead atoms. The zero-order valence-electron chi connectivity index (χ0n) is 15.9. The molecule has 3 aromatic heterocycles. The number of nitrogens with zero attached hydrogens (tertiary/aromatic N) is 3. The summed E-state index contributed by atoms with van der Waals surface area (Å²) in [6.45, 7) is 4.11. The Labute approximate surface area is 160 Å². The second-order valence-electron chi connectivity index (χ2n) is 6.61. The summed E-state index contributed by atoms with van der Waals surface area (Å²) >= 11 is 0. The van der Waals surface area contributed by atoms with Gasteiger partial charge < -0.3 is 15.0 Å². The van der Waals surface area contributed by atoms with Crippen LogP contribution in [0.15, 0.2) is 27.9 Å². The highest BCUT2D eigenvalue weighted by atomic mass is 16.5. The Kier molecular flexibility index (Phi) is 5.57. The van der Waals surface area contributed by atoms with Gasteiger partial charge in [0.25, 0.3) is 5.56 Å². The number of carbonyl (C=O) groups excluding carboxylic acids is 1. The van der Waals surface area contributed by atoms with E-state index >= 15 is 0 Å². The number of hydrogen-bond acceptors (Lipinski definition) is 6. The Morgan fingerprint density at radius 3 is 2.86 bits per heavy atom. The number of nitrogens with one attached hydrogen (secondary N) is 3. The van der Waals surface area contributed by atoms with Crippen LogP contribution in [-0.4, -0.2) is 36.5 Å². The van der Waals surface area contributed by atoms with Gasteiger partial charge in [0.2, 0.25) is 11.8 Å². The largest absolute Gasteiger partial charge is 0.475 e. The number of hydrogen-bond donors (Lipinski definition) is 3. The van der Waals surface area contributed by atoms with E-state index in [1.54, 1.807) is 12.3 Å². The minimum Gasteiger partial charge on any atom is -0.475 e. The Morgan fingerprint density at radius 2 is 2.11 bits per heavy atom. The lowest BCUT2D eigenvalue weighted by molar-refractivity contribution is -0.121. The van der Waals surface area contributed by atoms with E-state index in [0.29, 0.717) is 24.7 Å². The number of aromatic amines is 2. The standard InChI is InChI=1S/C18H22N6O4/c1-10(2)28-17-11(5-4-8-19-17)9-20-13(25)7-6-12-21-14-15(22-12)24(3)18(27)23-16(14)26/h4-5,8,10H,6-7,9H2,1-3H3,(H,20,25)(H,21,22)(H,23,26,27). The van der Waals surface area contributed by atoms with Crippen LogP contribution in [0.1, 0.15) is 31.7 Å². The molecule has 0 unspecified atom stereocenters. The minimum atomic E-state index is -0.538. The SMILES string of the molecule is CC(C)Oc1ncccc1CNC(=O)CCc1nc2c([nH]1)c(=O)[nH]c(=O)n2C. The van der Waals surface area contributed by atoms with Crippen LogP contribution >= 0.6 is 0 Å². The number of aromatic nitrogens is 5. The fourth-order valence-electron chi connectivity index (χ4n) is 2.67. The molecule has 3 N–H and O–H groups in total. The quantitative estimate of drug-likeness (QED) is 0.537. The summed E-state index contributed by atoms with van der Waals surface area (Å²) in [4.78, 5) is 49.1. The molecule has 3 aromatic rings. The number of ether oxygens (including phenoxy) is 1. The number of amides is 1. The first-order valence-electron chi connectivity index (χ1n) is 8.90. The lowest BCUT2D eigenvalue weighted by Gasteiger charge is -2.13. The van der Waals surface area contributed by atoms with Gasteiger partial charge in [-0.3, -0.25) is 19.1 Å². The summed E-state index contributed by atoms with van der Waals surface area (Å²) < 4.78 is 6.88. The average molecular weight is 386 g/mol. The van der Waals surface area contributed by atoms with Crippen molar-refractivity contribution >= 4 is 17.1 Å². The Morgan fingerprint density at radius 1 is 1.32 bits per heavy atom. The Hall–Kier alpha value is -3.43. The van der Waals surface area contributed by atoms with Crippen molar-refractivity contribution in [3.8, 4) is 5.88 Å². The van der Waals surface area contributed by atoms with E-state index in [0.717, 1.165) is 5.56 Å². The van der Waals surface area contributed by atoms with Crippen molar-refractivity contribution in [2.24, 2.45) is 7.05 Å². The van der Waals surface area contributed by atoms with E-state index < -0.39 is 11.2 Å². The molecule has 0 aliphatic carbocycles. The van der Waals surface area contributed by atoms with Crippen molar-refractivity contribution in [2.75, 3.05) is 0 Å². The molecule has 0 aliphatic heterocycles. The van der Waals surface area contributed by atoms with Crippen LogP contribution in [0.2, 0.25) is 0 Å². The van der Waals surface area contributed by atoms with Gasteiger partial charge >= 0.3 is 5.69 Å². The smallest absolute Gasteiger partial charge is 0.329 e. The molecule has 28 heavy (non-hydrogen) atoms. The van der Waals surface area contributed by atoms with E-state index in [9.17, 15) is 14.4 Å². The number of pyridine rings is 1. The first-order valence-corrected chi connectivity index (χ1v) is 8.90. The number of H-pyrrole nitrogens is 2. The molecule has 0 radical (unpaired) electrons. The minimum absolute atomic E-state index is 0.0171. The van der Waals surface area contributed by atoms with Gasteiger partial charge in [0.1, 0.15) is 11.3 Å². The van der Waals surface area contributed by atoms with Crippen LogP contribution in [0.5, 0.6) is 5.88 Å². The van der Waals surface area contributed by atoms with Crippen LogP contribution in [-0.2, 0) is 24.8 Å². The molecule has 0 fully saturated rings. The van der Waals surface area contributed by atoms with E-state index in [1.165, 1.54) is 11.6 Å². The zero-order chi connectivity index (χ0) is 20.3. The molecule has 3 heterocycles. The summed E-state index contributed by atoms with van der Waals surface area (Å²) in [6.07, 6.45) is 2.10. The van der Waals surface area contributed by atoms with E-state index in [2.05, 4.69) is 25.3 Å². The molecule has 148 valence electrons. The average Bonchev–Trinajstić information content (AvgIpc) is 3.08. The van der Waals surface area contributed by atoms with Crippen molar-refractivity contribution in [3.63, 3.8) is 0 Å². The highest BCUT2D eigenvalue weighted by Crippen LogP contribution is 2.15. The Balaban J connectivity index is 1.62. The molecule has 0 saturated carbocycles. The Bertz CT molecular complexity index is 1110. The third kappa shape index (κ3) is 4.27. The van der Waals surface area contributed by atoms with Crippen molar-refractivity contribution in [1.82, 2.24) is 29.8 Å². The number of carbonyl (C=O) groups is 1. The third-order valence-electron chi connectivity index (χ3n) is 4.07. The molecular weight excluding hydrogens is 364 g/mol. The van der Waals surface area contributed by atoms with Crippen LogP contribution in [0, 0.1) is 0 Å². The fourth-order valence-corrected chi connectivity index (χ4v) is 2.67. The van der Waals surface area contributed by atoms with Crippen LogP contribution in [0.3, 0.4) is 0 Å². The highest BCUT2D eigenvalue weighted by molar-refractivity contribution is 5.76. The van der Waals surface area contributed by atoms with Crippen LogP contribution in [0.4, 0.5) is 0 Å². The first kappa shape index (κ1) is 19.3. The lowest BCUT2D eigenvalue weighted by atomic mass is 10.2. The molecule has 0 atom stereocenters. The van der Waals surface area contributed by atoms with Crippen molar-refractivity contribution in [1.29, 1.82) is 0 Å². The highest BCUT2D eigenvalue weighted by Gasteiger charge is 2.13. The zero-order valence-corrected chi connectivity index (χ0v) is 15.9. The number of fused-ring (bicyclic) bond motifs is 1. The normalized spacial score (nSPS) is 11.1. The predicted octanol–water partition coefficient (Wildman–Crippen LogP) is 0.381. The number of rotatable bonds is 7. The van der Waals surface area contributed by atoms with Crippen LogP contribution in [0.25, 0.3) is 11.2 Å². The maximum Gasteiger partial charge on any atom is 0.329 e. The first-order chi connectivity index (χ1) is 13.3. The molecule has 0 saturated heterocycles. The molecule has 10 heteroatoms. The molecule has 1 amide bonds. The topological polar surface area (TPSA) is 135 Å². The summed E-state index contributed by atoms with van der Waals surface area (Å²) in [6, 6.07) is 3.63. The van der Waals surface area contributed by atoms with Gasteiger partial charge in [-0.1, -0.05) is 6.07 Å². The second-order valence-corrected chi connectivity index (χ2v) is 6.61. The van der Waals surface area contributed by atoms with E-state index in [-0.39, 0.29) is 29.6 Å². The van der Waals surface area contributed by atoms with Crippen LogP contribution < -0.4 is 21.3 Å². The molecule has 3 rings (SSSR count). The van der Waals surface area contributed by atoms with Crippen molar-refractivity contribution in [3.05, 3.63) is 50.6 Å². The maximum absolute atomic E-state index is 12.2. The maximum atomic E-state index is 12.2. The van der Waals surface area contributed by atoms with Gasteiger partial charge in [-0.05, 0) is 19.9 Å². The van der Waals surface area contributed by atoms with Crippen molar-refractivity contribution < 1.29 is 9.53 Å². The van der Waals surface area contributed by atoms with Gasteiger partial charge in [-0.2, -0.15) is 0 Å². The summed E-state index contributed by atoms with van der Waals surface area (Å²) in [7, 11) is 1.52. The molecule has 0 spiro atoms. The molecule has 0 aromatic carbocycles. The molecule has 10 nitrogen and oxygen atoms in total. The second kappa shape index (κ2) is 8.07.